The molecule has 5 heteroatoms. The Kier molecular flexibility index (Phi) is 5.49. The number of para-hydroxylation sites is 1. The molecule has 0 spiro atoms. The van der Waals surface area contributed by atoms with E-state index < -0.39 is 0 Å². The van der Waals surface area contributed by atoms with Crippen LogP contribution in [-0.4, -0.2) is 34.9 Å². The summed E-state index contributed by atoms with van der Waals surface area (Å²) in [4.78, 5) is 20.3. The number of amides is 1. The predicted molar refractivity (Wildman–Crippen MR) is 116 cm³/mol. The second-order valence-electron chi connectivity index (χ2n) is 9.69. The van der Waals surface area contributed by atoms with Crippen LogP contribution >= 0.6 is 11.3 Å². The van der Waals surface area contributed by atoms with Crippen molar-refractivity contribution in [2.24, 2.45) is 16.6 Å². The summed E-state index contributed by atoms with van der Waals surface area (Å²) in [6, 6.07) is 8.55. The van der Waals surface area contributed by atoms with Crippen LogP contribution in [-0.2, 0) is 11.2 Å². The molecule has 2 N–H and O–H groups in total. The van der Waals surface area contributed by atoms with Gasteiger partial charge in [0.1, 0.15) is 0 Å². The fourth-order valence-electron chi connectivity index (χ4n) is 5.05. The maximum Gasteiger partial charge on any atom is 0.223 e. The first-order valence-corrected chi connectivity index (χ1v) is 11.6. The quantitative estimate of drug-likeness (QED) is 0.806. The van der Waals surface area contributed by atoms with E-state index in [4.69, 9.17) is 10.7 Å². The van der Waals surface area contributed by atoms with Gasteiger partial charge in [-0.25, -0.2) is 4.98 Å². The summed E-state index contributed by atoms with van der Waals surface area (Å²) in [5.74, 6) is 0.322. The minimum Gasteiger partial charge on any atom is -0.342 e. The third-order valence-electron chi connectivity index (χ3n) is 6.97. The van der Waals surface area contributed by atoms with Crippen LogP contribution in [0, 0.1) is 10.8 Å². The molecule has 1 amide bonds. The molecule has 0 radical (unpaired) electrons. The van der Waals surface area contributed by atoms with Gasteiger partial charge in [0.25, 0.3) is 0 Å². The Morgan fingerprint density at radius 1 is 1.25 bits per heavy atom. The van der Waals surface area contributed by atoms with Gasteiger partial charge in [-0.05, 0) is 42.2 Å². The van der Waals surface area contributed by atoms with Gasteiger partial charge in [-0.3, -0.25) is 4.79 Å². The van der Waals surface area contributed by atoms with Crippen molar-refractivity contribution in [3.63, 3.8) is 0 Å². The van der Waals surface area contributed by atoms with Gasteiger partial charge in [-0.2, -0.15) is 0 Å². The van der Waals surface area contributed by atoms with Crippen molar-refractivity contribution in [3.8, 4) is 0 Å². The number of rotatable bonds is 4. The van der Waals surface area contributed by atoms with Crippen molar-refractivity contribution >= 4 is 27.5 Å². The molecule has 0 bridgehead atoms. The summed E-state index contributed by atoms with van der Waals surface area (Å²) < 4.78 is 1.25. The molecule has 1 aromatic heterocycles. The van der Waals surface area contributed by atoms with Crippen molar-refractivity contribution in [1.29, 1.82) is 0 Å². The van der Waals surface area contributed by atoms with Crippen LogP contribution in [0.15, 0.2) is 24.3 Å². The van der Waals surface area contributed by atoms with Crippen molar-refractivity contribution < 1.29 is 4.79 Å². The molecule has 2 fully saturated rings. The molecule has 1 aromatic carbocycles. The number of hydrogen-bond acceptors (Lipinski definition) is 4. The SMILES string of the molecule is CC1(C)CN(C(=O)CC2(Cc3nc4ccccc4s3)CCCCC2)CCC1N. The van der Waals surface area contributed by atoms with Crippen LogP contribution < -0.4 is 5.73 Å². The Labute approximate surface area is 172 Å². The highest BCUT2D eigenvalue weighted by Gasteiger charge is 2.40. The first kappa shape index (κ1) is 19.8. The van der Waals surface area contributed by atoms with E-state index in [1.54, 1.807) is 11.3 Å². The fourth-order valence-corrected chi connectivity index (χ4v) is 6.19. The van der Waals surface area contributed by atoms with Crippen molar-refractivity contribution in [2.75, 3.05) is 13.1 Å². The molecule has 152 valence electrons. The molecule has 2 heterocycles. The predicted octanol–water partition coefficient (Wildman–Crippen LogP) is 4.77. The summed E-state index contributed by atoms with van der Waals surface area (Å²) >= 11 is 1.80. The Balaban J connectivity index is 1.51. The van der Waals surface area contributed by atoms with E-state index >= 15 is 0 Å². The van der Waals surface area contributed by atoms with E-state index in [2.05, 4.69) is 43.0 Å². The van der Waals surface area contributed by atoms with Crippen LogP contribution in [0.25, 0.3) is 10.2 Å². The summed E-state index contributed by atoms with van der Waals surface area (Å²) in [5, 5.41) is 1.19. The molecule has 2 aromatic rings. The first-order valence-electron chi connectivity index (χ1n) is 10.7. The van der Waals surface area contributed by atoms with Crippen molar-refractivity contribution in [3.05, 3.63) is 29.3 Å². The lowest BCUT2D eigenvalue weighted by Gasteiger charge is -2.44. The molecule has 28 heavy (non-hydrogen) atoms. The Bertz CT molecular complexity index is 804. The van der Waals surface area contributed by atoms with Gasteiger partial charge in [0.05, 0.1) is 15.2 Å². The fraction of sp³-hybridized carbons (Fsp3) is 0.652. The van der Waals surface area contributed by atoms with Crippen LogP contribution in [0.2, 0.25) is 0 Å². The van der Waals surface area contributed by atoms with E-state index in [9.17, 15) is 4.79 Å². The number of likely N-dealkylation sites (tertiary alicyclic amines) is 1. The minimum absolute atomic E-state index is 0.000665. The molecule has 1 atom stereocenters. The number of carbonyl (C=O) groups is 1. The number of nitrogens with two attached hydrogens (primary N) is 1. The number of fused-ring (bicyclic) bond motifs is 1. The highest BCUT2D eigenvalue weighted by atomic mass is 32.1. The molecule has 4 nitrogen and oxygen atoms in total. The van der Waals surface area contributed by atoms with E-state index in [1.807, 2.05) is 0 Å². The van der Waals surface area contributed by atoms with Gasteiger partial charge < -0.3 is 10.6 Å². The summed E-state index contributed by atoms with van der Waals surface area (Å²) in [6.45, 7) is 5.97. The van der Waals surface area contributed by atoms with E-state index in [1.165, 1.54) is 29.0 Å². The van der Waals surface area contributed by atoms with Crippen LogP contribution in [0.1, 0.15) is 63.8 Å². The Morgan fingerprint density at radius 2 is 2.00 bits per heavy atom. The number of benzene rings is 1. The first-order chi connectivity index (χ1) is 13.4. The molecule has 2 aliphatic rings. The van der Waals surface area contributed by atoms with E-state index in [-0.39, 0.29) is 16.9 Å². The lowest BCUT2D eigenvalue weighted by Crippen LogP contribution is -2.54. The standard InChI is InChI=1S/C23H33N3OS/c1-22(2)16-26(13-10-19(22)24)21(27)15-23(11-6-3-7-12-23)14-20-25-17-8-4-5-9-18(17)28-20/h4-5,8-9,19H,3,6-7,10-16,24H2,1-2H3. The zero-order valence-electron chi connectivity index (χ0n) is 17.2. The molecule has 1 saturated heterocycles. The van der Waals surface area contributed by atoms with Gasteiger partial charge in [0.15, 0.2) is 0 Å². The van der Waals surface area contributed by atoms with Crippen LogP contribution in [0.3, 0.4) is 0 Å². The van der Waals surface area contributed by atoms with Crippen LogP contribution in [0.5, 0.6) is 0 Å². The Hall–Kier alpha value is -1.46. The molecule has 1 saturated carbocycles. The summed E-state index contributed by atoms with van der Waals surface area (Å²) in [5.41, 5.74) is 7.45. The van der Waals surface area contributed by atoms with Gasteiger partial charge in [-0.15, -0.1) is 11.3 Å². The number of hydrogen-bond donors (Lipinski definition) is 1. The molecule has 1 aliphatic heterocycles. The molecule has 4 rings (SSSR count). The average molecular weight is 400 g/mol. The third kappa shape index (κ3) is 4.11. The van der Waals surface area contributed by atoms with Gasteiger partial charge in [0, 0.05) is 32.0 Å². The Morgan fingerprint density at radius 3 is 2.71 bits per heavy atom. The lowest BCUT2D eigenvalue weighted by atomic mass is 9.69. The molecule has 1 aliphatic carbocycles. The van der Waals surface area contributed by atoms with Gasteiger partial charge in [0.2, 0.25) is 5.91 Å². The summed E-state index contributed by atoms with van der Waals surface area (Å²) in [6.07, 6.45) is 8.55. The number of aromatic nitrogens is 1. The molecular weight excluding hydrogens is 366 g/mol. The summed E-state index contributed by atoms with van der Waals surface area (Å²) in [7, 11) is 0. The van der Waals surface area contributed by atoms with Gasteiger partial charge >= 0.3 is 0 Å². The smallest absolute Gasteiger partial charge is 0.223 e. The second kappa shape index (κ2) is 7.75. The second-order valence-corrected chi connectivity index (χ2v) is 10.8. The number of piperidine rings is 1. The highest BCUT2D eigenvalue weighted by Crippen LogP contribution is 2.44. The number of thiazole rings is 1. The zero-order chi connectivity index (χ0) is 19.8. The lowest BCUT2D eigenvalue weighted by molar-refractivity contribution is -0.137. The van der Waals surface area contributed by atoms with E-state index in [0.29, 0.717) is 12.3 Å². The van der Waals surface area contributed by atoms with Crippen molar-refractivity contribution in [1.82, 2.24) is 9.88 Å². The average Bonchev–Trinajstić information content (AvgIpc) is 3.06. The van der Waals surface area contributed by atoms with Crippen LogP contribution in [0.4, 0.5) is 0 Å². The van der Waals surface area contributed by atoms with E-state index in [0.717, 1.165) is 44.3 Å². The topological polar surface area (TPSA) is 59.2 Å². The normalized spacial score (nSPS) is 24.4. The number of nitrogens with zero attached hydrogens (tertiary/aromatic N) is 2. The molecular formula is C23H33N3OS. The maximum absolute atomic E-state index is 13.3. The zero-order valence-corrected chi connectivity index (χ0v) is 18.1. The third-order valence-corrected chi connectivity index (χ3v) is 8.01. The minimum atomic E-state index is 0.000665. The highest BCUT2D eigenvalue weighted by molar-refractivity contribution is 7.18. The van der Waals surface area contributed by atoms with Crippen molar-refractivity contribution in [2.45, 2.75) is 71.3 Å². The number of carbonyl (C=O) groups excluding carboxylic acids is 1. The monoisotopic (exact) mass is 399 g/mol. The largest absolute Gasteiger partial charge is 0.342 e. The molecule has 1 unspecified atom stereocenters. The van der Waals surface area contributed by atoms with Gasteiger partial charge in [-0.1, -0.05) is 45.2 Å². The maximum atomic E-state index is 13.3.